The van der Waals surface area contributed by atoms with Crippen molar-refractivity contribution in [1.82, 2.24) is 9.78 Å². The number of rotatable bonds is 5. The first kappa shape index (κ1) is 14.7. The van der Waals surface area contributed by atoms with E-state index in [4.69, 9.17) is 0 Å². The van der Waals surface area contributed by atoms with Crippen LogP contribution in [0.5, 0.6) is 0 Å². The molecule has 1 heterocycles. The molecule has 1 atom stereocenters. The normalized spacial score (nSPS) is 12.2. The van der Waals surface area contributed by atoms with Crippen molar-refractivity contribution in [3.8, 4) is 5.69 Å². The van der Waals surface area contributed by atoms with E-state index in [1.54, 1.807) is 10.9 Å². The molecule has 0 aliphatic rings. The molecule has 0 aliphatic heterocycles. The molecule has 0 spiro atoms. The lowest BCUT2D eigenvalue weighted by Gasteiger charge is -2.07. The van der Waals surface area contributed by atoms with E-state index in [1.807, 2.05) is 31.2 Å². The summed E-state index contributed by atoms with van der Waals surface area (Å²) in [5, 5.41) is 4.58. The van der Waals surface area contributed by atoms with Gasteiger partial charge in [-0.3, -0.25) is 4.79 Å². The second-order valence-electron chi connectivity index (χ2n) is 4.89. The van der Waals surface area contributed by atoms with Crippen molar-refractivity contribution < 1.29 is 4.79 Å². The fourth-order valence-corrected chi connectivity index (χ4v) is 2.71. The number of benzene rings is 1. The third-order valence-corrected chi connectivity index (χ3v) is 3.79. The largest absolute Gasteiger partial charge is 0.298 e. The molecule has 1 aromatic carbocycles. The Balaban J connectivity index is 2.48. The van der Waals surface area contributed by atoms with Crippen molar-refractivity contribution >= 4 is 22.2 Å². The number of carbonyl (C=O) groups excluding carboxylic acids is 1. The summed E-state index contributed by atoms with van der Waals surface area (Å²) >= 11 is 3.45. The van der Waals surface area contributed by atoms with Crippen molar-refractivity contribution in [2.45, 2.75) is 26.2 Å². The van der Waals surface area contributed by atoms with Crippen molar-refractivity contribution in [2.24, 2.45) is 0 Å². The van der Waals surface area contributed by atoms with Gasteiger partial charge >= 0.3 is 0 Å². The van der Waals surface area contributed by atoms with Gasteiger partial charge in [0.1, 0.15) is 0 Å². The monoisotopic (exact) mass is 332 g/mol. The van der Waals surface area contributed by atoms with Gasteiger partial charge in [0, 0.05) is 16.6 Å². The Bertz CT molecular complexity index is 646. The van der Waals surface area contributed by atoms with Gasteiger partial charge in [-0.05, 0) is 37.1 Å². The lowest BCUT2D eigenvalue weighted by atomic mass is 10.0. The lowest BCUT2D eigenvalue weighted by molar-refractivity contribution is 0.112. The summed E-state index contributed by atoms with van der Waals surface area (Å²) in [6, 6.07) is 5.99. The molecule has 0 saturated heterocycles. The summed E-state index contributed by atoms with van der Waals surface area (Å²) in [6.07, 6.45) is 5.31. The van der Waals surface area contributed by atoms with E-state index < -0.39 is 0 Å². The van der Waals surface area contributed by atoms with Crippen molar-refractivity contribution in [3.05, 3.63) is 58.3 Å². The summed E-state index contributed by atoms with van der Waals surface area (Å²) in [5.74, 6) is 0.185. The maximum absolute atomic E-state index is 11.2. The van der Waals surface area contributed by atoms with Gasteiger partial charge in [0.2, 0.25) is 0 Å². The first-order chi connectivity index (χ1) is 9.56. The second-order valence-corrected chi connectivity index (χ2v) is 5.80. The first-order valence-electron chi connectivity index (χ1n) is 6.49. The van der Waals surface area contributed by atoms with Crippen LogP contribution in [0.25, 0.3) is 5.69 Å². The van der Waals surface area contributed by atoms with Gasteiger partial charge in [-0.25, -0.2) is 4.68 Å². The lowest BCUT2D eigenvalue weighted by Crippen LogP contribution is -2.01. The molecular weight excluding hydrogens is 316 g/mol. The van der Waals surface area contributed by atoms with Crippen LogP contribution in [0.1, 0.15) is 40.9 Å². The highest BCUT2D eigenvalue weighted by atomic mass is 79.9. The van der Waals surface area contributed by atoms with Crippen LogP contribution in [-0.4, -0.2) is 16.1 Å². The van der Waals surface area contributed by atoms with E-state index in [1.165, 1.54) is 0 Å². The molecular formula is C16H17BrN2O. The van der Waals surface area contributed by atoms with E-state index in [0.29, 0.717) is 5.56 Å². The number of halogens is 1. The quantitative estimate of drug-likeness (QED) is 0.599. The fraction of sp³-hybridized carbons (Fsp3) is 0.250. The van der Waals surface area contributed by atoms with Gasteiger partial charge in [0.25, 0.3) is 0 Å². The number of carbonyl (C=O) groups is 1. The van der Waals surface area contributed by atoms with E-state index in [9.17, 15) is 4.79 Å². The summed E-state index contributed by atoms with van der Waals surface area (Å²) in [4.78, 5) is 11.2. The first-order valence-corrected chi connectivity index (χ1v) is 7.28. The molecule has 0 aliphatic carbocycles. The van der Waals surface area contributed by atoms with E-state index in [0.717, 1.165) is 34.1 Å². The summed E-state index contributed by atoms with van der Waals surface area (Å²) in [6.45, 7) is 7.82. The molecule has 0 N–H and O–H groups in total. The fourth-order valence-electron chi connectivity index (χ4n) is 2.24. The third kappa shape index (κ3) is 2.90. The minimum atomic E-state index is 0.185. The molecule has 0 saturated carbocycles. The Kier molecular flexibility index (Phi) is 4.55. The number of aromatic nitrogens is 2. The number of hydrogen-bond donors (Lipinski definition) is 0. The van der Waals surface area contributed by atoms with Crippen LogP contribution < -0.4 is 0 Å². The van der Waals surface area contributed by atoms with E-state index in [-0.39, 0.29) is 5.92 Å². The molecule has 0 amide bonds. The minimum Gasteiger partial charge on any atom is -0.298 e. The van der Waals surface area contributed by atoms with Gasteiger partial charge in [-0.2, -0.15) is 5.10 Å². The van der Waals surface area contributed by atoms with Gasteiger partial charge in [0.05, 0.1) is 16.9 Å². The second kappa shape index (κ2) is 6.18. The topological polar surface area (TPSA) is 34.9 Å². The Hall–Kier alpha value is -1.68. The Morgan fingerprint density at radius 1 is 1.50 bits per heavy atom. The number of allylic oxidation sites excluding steroid dienone is 1. The molecule has 3 nitrogen and oxygen atoms in total. The molecule has 1 unspecified atom stereocenters. The Morgan fingerprint density at radius 2 is 2.25 bits per heavy atom. The summed E-state index contributed by atoms with van der Waals surface area (Å²) < 4.78 is 2.81. The van der Waals surface area contributed by atoms with Crippen molar-refractivity contribution in [1.29, 1.82) is 0 Å². The number of aryl methyl sites for hydroxylation is 1. The molecule has 1 aromatic heterocycles. The number of nitrogens with zero attached hydrogens (tertiary/aromatic N) is 2. The molecule has 0 fully saturated rings. The van der Waals surface area contributed by atoms with Crippen LogP contribution in [0.3, 0.4) is 0 Å². The minimum absolute atomic E-state index is 0.185. The molecule has 2 aromatic rings. The van der Waals surface area contributed by atoms with Crippen LogP contribution in [-0.2, 0) is 0 Å². The Labute approximate surface area is 127 Å². The van der Waals surface area contributed by atoms with Gasteiger partial charge < -0.3 is 0 Å². The van der Waals surface area contributed by atoms with Crippen LogP contribution in [0.4, 0.5) is 0 Å². The molecule has 0 bridgehead atoms. The molecule has 20 heavy (non-hydrogen) atoms. The smallest absolute Gasteiger partial charge is 0.153 e. The third-order valence-electron chi connectivity index (χ3n) is 3.29. The zero-order valence-corrected chi connectivity index (χ0v) is 13.2. The Morgan fingerprint density at radius 3 is 2.85 bits per heavy atom. The average Bonchev–Trinajstić information content (AvgIpc) is 2.83. The highest BCUT2D eigenvalue weighted by Crippen LogP contribution is 2.24. The van der Waals surface area contributed by atoms with Crippen molar-refractivity contribution in [2.75, 3.05) is 0 Å². The number of aldehydes is 1. The summed E-state index contributed by atoms with van der Waals surface area (Å²) in [5.41, 5.74) is 3.54. The standard InChI is InChI=1S/C16H17BrN2O/c1-4-5-11(2)16-13(10-20)9-19(18-16)15-7-6-14(17)8-12(15)3/h4,6-11H,1,5H2,2-3H3. The van der Waals surface area contributed by atoms with Crippen LogP contribution in [0, 0.1) is 6.92 Å². The van der Waals surface area contributed by atoms with Gasteiger partial charge in [-0.15, -0.1) is 6.58 Å². The highest BCUT2D eigenvalue weighted by molar-refractivity contribution is 9.10. The predicted molar refractivity (Wildman–Crippen MR) is 84.6 cm³/mol. The van der Waals surface area contributed by atoms with Crippen LogP contribution in [0.15, 0.2) is 41.5 Å². The van der Waals surface area contributed by atoms with Gasteiger partial charge in [0.15, 0.2) is 6.29 Å². The van der Waals surface area contributed by atoms with E-state index >= 15 is 0 Å². The highest BCUT2D eigenvalue weighted by Gasteiger charge is 2.15. The zero-order chi connectivity index (χ0) is 14.7. The van der Waals surface area contributed by atoms with Crippen LogP contribution in [0.2, 0.25) is 0 Å². The molecule has 0 radical (unpaired) electrons. The SMILES string of the molecule is C=CCC(C)c1nn(-c2ccc(Br)cc2C)cc1C=O. The maximum atomic E-state index is 11.2. The van der Waals surface area contributed by atoms with Crippen molar-refractivity contribution in [3.63, 3.8) is 0 Å². The van der Waals surface area contributed by atoms with E-state index in [2.05, 4.69) is 34.5 Å². The summed E-state index contributed by atoms with van der Waals surface area (Å²) in [7, 11) is 0. The zero-order valence-electron chi connectivity index (χ0n) is 11.6. The molecule has 104 valence electrons. The molecule has 2 rings (SSSR count). The van der Waals surface area contributed by atoms with Gasteiger partial charge in [-0.1, -0.05) is 28.9 Å². The molecule has 4 heteroatoms. The van der Waals surface area contributed by atoms with Crippen LogP contribution >= 0.6 is 15.9 Å². The average molecular weight is 333 g/mol. The predicted octanol–water partition coefficient (Wildman–Crippen LogP) is 4.44. The maximum Gasteiger partial charge on any atom is 0.153 e. The number of hydrogen-bond acceptors (Lipinski definition) is 2.